The molecule has 0 saturated carbocycles. The monoisotopic (exact) mass is 279 g/mol. The summed E-state index contributed by atoms with van der Waals surface area (Å²) in [5.41, 5.74) is 5.77. The van der Waals surface area contributed by atoms with Crippen molar-refractivity contribution in [3.8, 4) is 0 Å². The number of carbonyl (C=O) groups excluding carboxylic acids is 2. The van der Waals surface area contributed by atoms with E-state index in [0.717, 1.165) is 25.5 Å². The molecule has 0 radical (unpaired) electrons. The average Bonchev–Trinajstić information content (AvgIpc) is 2.87. The van der Waals surface area contributed by atoms with Crippen LogP contribution in [0.1, 0.15) is 35.2 Å². The lowest BCUT2D eigenvalue weighted by Gasteiger charge is -2.13. The maximum absolute atomic E-state index is 13.7. The second kappa shape index (κ2) is 6.00. The van der Waals surface area contributed by atoms with Gasteiger partial charge in [0, 0.05) is 29.3 Å². The molecule has 1 unspecified atom stereocenters. The molecule has 0 spiro atoms. The van der Waals surface area contributed by atoms with E-state index < -0.39 is 11.7 Å². The quantitative estimate of drug-likeness (QED) is 0.777. The van der Waals surface area contributed by atoms with Gasteiger partial charge in [0.05, 0.1) is 0 Å². The van der Waals surface area contributed by atoms with Crippen LogP contribution >= 0.6 is 0 Å². The molecule has 0 aliphatic carbocycles. The summed E-state index contributed by atoms with van der Waals surface area (Å²) in [6.45, 7) is 2.46. The molecule has 5 nitrogen and oxygen atoms in total. The second-order valence-electron chi connectivity index (χ2n) is 5.04. The van der Waals surface area contributed by atoms with E-state index in [-0.39, 0.29) is 17.5 Å². The van der Waals surface area contributed by atoms with Crippen molar-refractivity contribution in [2.75, 3.05) is 11.9 Å². The molecule has 0 aromatic heterocycles. The molecule has 1 fully saturated rings. The minimum Gasteiger partial charge on any atom is -0.366 e. The van der Waals surface area contributed by atoms with Crippen LogP contribution in [0.2, 0.25) is 0 Å². The van der Waals surface area contributed by atoms with E-state index in [1.54, 1.807) is 6.92 Å². The first-order valence-corrected chi connectivity index (χ1v) is 6.60. The SMILES string of the molecule is Cc1c(F)cc(C(N)=O)cc1NC(=O)CC1CCCN1. The summed E-state index contributed by atoms with van der Waals surface area (Å²) in [5, 5.41) is 5.87. The van der Waals surface area contributed by atoms with Crippen LogP contribution in [0.25, 0.3) is 0 Å². The maximum atomic E-state index is 13.7. The second-order valence-corrected chi connectivity index (χ2v) is 5.04. The molecule has 0 bridgehead atoms. The van der Waals surface area contributed by atoms with Crippen molar-refractivity contribution in [3.63, 3.8) is 0 Å². The number of primary amides is 1. The van der Waals surface area contributed by atoms with Crippen LogP contribution in [0.3, 0.4) is 0 Å². The Bertz CT molecular complexity index is 539. The van der Waals surface area contributed by atoms with E-state index in [1.165, 1.54) is 6.07 Å². The molecule has 2 rings (SSSR count). The molecular formula is C14H18FN3O2. The van der Waals surface area contributed by atoms with Gasteiger partial charge in [-0.3, -0.25) is 9.59 Å². The summed E-state index contributed by atoms with van der Waals surface area (Å²) >= 11 is 0. The highest BCUT2D eigenvalue weighted by Crippen LogP contribution is 2.21. The van der Waals surface area contributed by atoms with Crippen molar-refractivity contribution >= 4 is 17.5 Å². The molecule has 4 N–H and O–H groups in total. The Morgan fingerprint density at radius 2 is 2.25 bits per heavy atom. The zero-order valence-corrected chi connectivity index (χ0v) is 11.3. The fourth-order valence-corrected chi connectivity index (χ4v) is 2.31. The summed E-state index contributed by atoms with van der Waals surface area (Å²) in [4.78, 5) is 23.0. The van der Waals surface area contributed by atoms with Crippen molar-refractivity contribution in [1.82, 2.24) is 5.32 Å². The number of nitrogens with two attached hydrogens (primary N) is 1. The molecule has 1 aromatic rings. The fourth-order valence-electron chi connectivity index (χ4n) is 2.31. The molecule has 1 heterocycles. The normalized spacial score (nSPS) is 18.0. The summed E-state index contributed by atoms with van der Waals surface area (Å²) in [7, 11) is 0. The minimum atomic E-state index is -0.725. The molecule has 108 valence electrons. The average molecular weight is 279 g/mol. The van der Waals surface area contributed by atoms with Gasteiger partial charge in [0.15, 0.2) is 0 Å². The molecule has 20 heavy (non-hydrogen) atoms. The van der Waals surface area contributed by atoms with Crippen LogP contribution < -0.4 is 16.4 Å². The maximum Gasteiger partial charge on any atom is 0.248 e. The van der Waals surface area contributed by atoms with Gasteiger partial charge in [0.25, 0.3) is 0 Å². The third kappa shape index (κ3) is 3.33. The number of hydrogen-bond donors (Lipinski definition) is 3. The molecule has 1 aromatic carbocycles. The molecule has 1 aliphatic heterocycles. The van der Waals surface area contributed by atoms with E-state index in [2.05, 4.69) is 10.6 Å². The number of hydrogen-bond acceptors (Lipinski definition) is 3. The predicted octanol–water partition coefficient (Wildman–Crippen LogP) is 1.31. The van der Waals surface area contributed by atoms with Gasteiger partial charge < -0.3 is 16.4 Å². The lowest BCUT2D eigenvalue weighted by Crippen LogP contribution is -2.27. The fraction of sp³-hybridized carbons (Fsp3) is 0.429. The minimum absolute atomic E-state index is 0.0439. The lowest BCUT2D eigenvalue weighted by atomic mass is 10.1. The summed E-state index contributed by atoms with van der Waals surface area (Å²) in [6, 6.07) is 2.64. The van der Waals surface area contributed by atoms with E-state index in [9.17, 15) is 14.0 Å². The Kier molecular flexibility index (Phi) is 4.34. The zero-order valence-electron chi connectivity index (χ0n) is 11.3. The van der Waals surface area contributed by atoms with Crippen molar-refractivity contribution in [2.45, 2.75) is 32.2 Å². The smallest absolute Gasteiger partial charge is 0.248 e. The Hall–Kier alpha value is -1.95. The van der Waals surface area contributed by atoms with E-state index in [0.29, 0.717) is 17.7 Å². The Morgan fingerprint density at radius 1 is 1.50 bits per heavy atom. The number of rotatable bonds is 4. The van der Waals surface area contributed by atoms with Crippen LogP contribution in [0.4, 0.5) is 10.1 Å². The molecule has 1 atom stereocenters. The summed E-state index contributed by atoms with van der Waals surface area (Å²) in [5.74, 6) is -1.49. The Balaban J connectivity index is 2.11. The van der Waals surface area contributed by atoms with Gasteiger partial charge in [-0.15, -0.1) is 0 Å². The third-order valence-electron chi connectivity index (χ3n) is 3.50. The van der Waals surface area contributed by atoms with Crippen molar-refractivity contribution < 1.29 is 14.0 Å². The highest BCUT2D eigenvalue weighted by atomic mass is 19.1. The molecule has 1 aliphatic rings. The largest absolute Gasteiger partial charge is 0.366 e. The van der Waals surface area contributed by atoms with Gasteiger partial charge >= 0.3 is 0 Å². The van der Waals surface area contributed by atoms with Crippen molar-refractivity contribution in [3.05, 3.63) is 29.1 Å². The molecular weight excluding hydrogens is 261 g/mol. The van der Waals surface area contributed by atoms with E-state index in [4.69, 9.17) is 5.73 Å². The van der Waals surface area contributed by atoms with Crippen LogP contribution in [0.15, 0.2) is 12.1 Å². The topological polar surface area (TPSA) is 84.2 Å². The predicted molar refractivity (Wildman–Crippen MR) is 73.9 cm³/mol. The lowest BCUT2D eigenvalue weighted by molar-refractivity contribution is -0.116. The van der Waals surface area contributed by atoms with Gasteiger partial charge in [0.2, 0.25) is 11.8 Å². The van der Waals surface area contributed by atoms with Crippen LogP contribution in [0, 0.1) is 12.7 Å². The van der Waals surface area contributed by atoms with Gasteiger partial charge in [-0.2, -0.15) is 0 Å². The number of carbonyl (C=O) groups is 2. The molecule has 2 amide bonds. The van der Waals surface area contributed by atoms with E-state index in [1.807, 2.05) is 0 Å². The van der Waals surface area contributed by atoms with Gasteiger partial charge in [-0.05, 0) is 38.4 Å². The Labute approximate surface area is 116 Å². The highest BCUT2D eigenvalue weighted by Gasteiger charge is 2.19. The highest BCUT2D eigenvalue weighted by molar-refractivity contribution is 5.97. The number of halogens is 1. The van der Waals surface area contributed by atoms with Crippen molar-refractivity contribution in [1.29, 1.82) is 0 Å². The third-order valence-corrected chi connectivity index (χ3v) is 3.50. The van der Waals surface area contributed by atoms with Crippen LogP contribution in [-0.2, 0) is 4.79 Å². The number of amides is 2. The first-order chi connectivity index (χ1) is 9.47. The van der Waals surface area contributed by atoms with Crippen molar-refractivity contribution in [2.24, 2.45) is 5.73 Å². The molecule has 6 heteroatoms. The van der Waals surface area contributed by atoms with Gasteiger partial charge in [-0.1, -0.05) is 0 Å². The number of anilines is 1. The molecule has 1 saturated heterocycles. The van der Waals surface area contributed by atoms with Gasteiger partial charge in [0.1, 0.15) is 5.82 Å². The number of nitrogens with one attached hydrogen (secondary N) is 2. The first kappa shape index (κ1) is 14.5. The first-order valence-electron chi connectivity index (χ1n) is 6.60. The summed E-state index contributed by atoms with van der Waals surface area (Å²) in [6.07, 6.45) is 2.35. The standard InChI is InChI=1S/C14H18FN3O2/c1-8-11(15)5-9(14(16)20)6-12(8)18-13(19)7-10-3-2-4-17-10/h5-6,10,17H,2-4,7H2,1H3,(H2,16,20)(H,18,19). The van der Waals surface area contributed by atoms with Gasteiger partial charge in [-0.25, -0.2) is 4.39 Å². The van der Waals surface area contributed by atoms with Crippen LogP contribution in [-0.4, -0.2) is 24.4 Å². The number of benzene rings is 1. The summed E-state index contributed by atoms with van der Waals surface area (Å²) < 4.78 is 13.7. The van der Waals surface area contributed by atoms with E-state index >= 15 is 0 Å². The van der Waals surface area contributed by atoms with Crippen LogP contribution in [0.5, 0.6) is 0 Å². The Morgan fingerprint density at radius 3 is 2.85 bits per heavy atom. The zero-order chi connectivity index (χ0) is 14.7.